The lowest BCUT2D eigenvalue weighted by Gasteiger charge is -2.30. The molecular weight excluding hydrogens is 250 g/mol. The zero-order valence-corrected chi connectivity index (χ0v) is 12.7. The van der Waals surface area contributed by atoms with Crippen LogP contribution in [0.3, 0.4) is 0 Å². The highest BCUT2D eigenvalue weighted by Crippen LogP contribution is 2.30. The second-order valence-electron chi connectivity index (χ2n) is 5.70. The minimum Gasteiger partial charge on any atom is -0.494 e. The maximum Gasteiger partial charge on any atom is 0.124 e. The van der Waals surface area contributed by atoms with Crippen molar-refractivity contribution in [3.05, 3.63) is 23.8 Å². The molecule has 3 heteroatoms. The van der Waals surface area contributed by atoms with E-state index in [2.05, 4.69) is 18.3 Å². The van der Waals surface area contributed by atoms with Crippen molar-refractivity contribution in [3.8, 4) is 5.75 Å². The lowest BCUT2D eigenvalue weighted by Crippen LogP contribution is -2.27. The lowest BCUT2D eigenvalue weighted by atomic mass is 9.84. The van der Waals surface area contributed by atoms with Crippen LogP contribution in [0, 0.1) is 5.92 Å². The Morgan fingerprint density at radius 2 is 2.15 bits per heavy atom. The molecule has 0 bridgehead atoms. The molecule has 112 valence electrons. The van der Waals surface area contributed by atoms with Gasteiger partial charge in [0.05, 0.1) is 13.2 Å². The topological polar surface area (TPSA) is 41.5 Å². The highest BCUT2D eigenvalue weighted by Gasteiger charge is 2.20. The predicted molar refractivity (Wildman–Crippen MR) is 83.2 cm³/mol. The van der Waals surface area contributed by atoms with Gasteiger partial charge >= 0.3 is 0 Å². The smallest absolute Gasteiger partial charge is 0.124 e. The SMILES string of the molecule is CCOc1ccc(NC2CCCC(CC)C2)cc1CO. The standard InChI is InChI=1S/C17H27NO2/c1-3-13-6-5-7-15(10-13)18-16-8-9-17(20-4-2)14(11-16)12-19/h8-9,11,13,15,18-19H,3-7,10,12H2,1-2H3. The van der Waals surface area contributed by atoms with Crippen molar-refractivity contribution >= 4 is 5.69 Å². The molecule has 0 amide bonds. The van der Waals surface area contributed by atoms with Crippen molar-refractivity contribution in [3.63, 3.8) is 0 Å². The van der Waals surface area contributed by atoms with E-state index in [0.29, 0.717) is 12.6 Å². The molecule has 0 radical (unpaired) electrons. The summed E-state index contributed by atoms with van der Waals surface area (Å²) in [6.45, 7) is 4.89. The van der Waals surface area contributed by atoms with Crippen LogP contribution in [0.15, 0.2) is 18.2 Å². The molecule has 1 aliphatic carbocycles. The third-order valence-corrected chi connectivity index (χ3v) is 4.26. The number of rotatable bonds is 6. The van der Waals surface area contributed by atoms with Gasteiger partial charge in [0.15, 0.2) is 0 Å². The number of hydrogen-bond donors (Lipinski definition) is 2. The minimum absolute atomic E-state index is 0.0209. The van der Waals surface area contributed by atoms with Crippen molar-refractivity contribution < 1.29 is 9.84 Å². The summed E-state index contributed by atoms with van der Waals surface area (Å²) in [5, 5.41) is 13.1. The molecule has 0 aromatic heterocycles. The Kier molecular flexibility index (Phi) is 5.72. The van der Waals surface area contributed by atoms with Crippen LogP contribution in [0.1, 0.15) is 51.5 Å². The van der Waals surface area contributed by atoms with Crippen molar-refractivity contribution in [2.24, 2.45) is 5.92 Å². The van der Waals surface area contributed by atoms with Crippen molar-refractivity contribution in [2.75, 3.05) is 11.9 Å². The highest BCUT2D eigenvalue weighted by molar-refractivity contribution is 5.51. The van der Waals surface area contributed by atoms with Gasteiger partial charge in [0.2, 0.25) is 0 Å². The Hall–Kier alpha value is -1.22. The molecule has 2 unspecified atom stereocenters. The van der Waals surface area contributed by atoms with Crippen LogP contribution in [-0.2, 0) is 6.61 Å². The first-order chi connectivity index (χ1) is 9.76. The largest absolute Gasteiger partial charge is 0.494 e. The number of benzene rings is 1. The van der Waals surface area contributed by atoms with E-state index < -0.39 is 0 Å². The van der Waals surface area contributed by atoms with Crippen molar-refractivity contribution in [1.29, 1.82) is 0 Å². The quantitative estimate of drug-likeness (QED) is 0.827. The van der Waals surface area contributed by atoms with Gasteiger partial charge < -0.3 is 15.2 Å². The Bertz CT molecular complexity index is 419. The Morgan fingerprint density at radius 3 is 2.85 bits per heavy atom. The molecule has 1 fully saturated rings. The second kappa shape index (κ2) is 7.53. The van der Waals surface area contributed by atoms with Gasteiger partial charge in [0.25, 0.3) is 0 Å². The van der Waals surface area contributed by atoms with Crippen LogP contribution in [0.5, 0.6) is 5.75 Å². The fourth-order valence-electron chi connectivity index (χ4n) is 3.12. The summed E-state index contributed by atoms with van der Waals surface area (Å²) in [4.78, 5) is 0. The van der Waals surface area contributed by atoms with Gasteiger partial charge in [-0.05, 0) is 43.9 Å². The second-order valence-corrected chi connectivity index (χ2v) is 5.70. The molecule has 20 heavy (non-hydrogen) atoms. The molecule has 1 aliphatic rings. The Balaban J connectivity index is 2.02. The lowest BCUT2D eigenvalue weighted by molar-refractivity contribution is 0.267. The van der Waals surface area contributed by atoms with Crippen LogP contribution in [0.4, 0.5) is 5.69 Å². The first kappa shape index (κ1) is 15.2. The molecule has 0 heterocycles. The van der Waals surface area contributed by atoms with Crippen LogP contribution in [0.2, 0.25) is 0 Å². The van der Waals surface area contributed by atoms with Gasteiger partial charge in [-0.2, -0.15) is 0 Å². The zero-order valence-electron chi connectivity index (χ0n) is 12.7. The summed E-state index contributed by atoms with van der Waals surface area (Å²) in [6, 6.07) is 6.59. The molecule has 1 aromatic carbocycles. The summed E-state index contributed by atoms with van der Waals surface area (Å²) >= 11 is 0. The molecule has 1 saturated carbocycles. The number of aliphatic hydroxyl groups excluding tert-OH is 1. The van der Waals surface area contributed by atoms with Gasteiger partial charge in [0, 0.05) is 17.3 Å². The third kappa shape index (κ3) is 3.89. The number of hydrogen-bond acceptors (Lipinski definition) is 3. The normalized spacial score (nSPS) is 22.6. The summed E-state index contributed by atoms with van der Waals surface area (Å²) < 4.78 is 5.52. The fourth-order valence-corrected chi connectivity index (χ4v) is 3.12. The summed E-state index contributed by atoms with van der Waals surface area (Å²) in [6.07, 6.45) is 6.49. The predicted octanol–water partition coefficient (Wildman–Crippen LogP) is 3.96. The van der Waals surface area contributed by atoms with Crippen molar-refractivity contribution in [2.45, 2.75) is 58.6 Å². The summed E-state index contributed by atoms with van der Waals surface area (Å²) in [5.41, 5.74) is 1.96. The summed E-state index contributed by atoms with van der Waals surface area (Å²) in [7, 11) is 0. The van der Waals surface area contributed by atoms with E-state index in [1.54, 1.807) is 0 Å². The van der Waals surface area contributed by atoms with E-state index in [4.69, 9.17) is 4.74 Å². The highest BCUT2D eigenvalue weighted by atomic mass is 16.5. The number of ether oxygens (including phenoxy) is 1. The third-order valence-electron chi connectivity index (χ3n) is 4.26. The molecule has 2 atom stereocenters. The van der Waals surface area contributed by atoms with E-state index in [1.165, 1.54) is 32.1 Å². The van der Waals surface area contributed by atoms with Gasteiger partial charge in [-0.1, -0.05) is 26.2 Å². The molecule has 2 rings (SSSR count). The van der Waals surface area contributed by atoms with E-state index in [1.807, 2.05) is 19.1 Å². The molecule has 3 nitrogen and oxygen atoms in total. The molecule has 2 N–H and O–H groups in total. The van der Waals surface area contributed by atoms with E-state index in [-0.39, 0.29) is 6.61 Å². The van der Waals surface area contributed by atoms with Gasteiger partial charge in [-0.15, -0.1) is 0 Å². The van der Waals surface area contributed by atoms with Crippen LogP contribution in [0.25, 0.3) is 0 Å². The van der Waals surface area contributed by atoms with E-state index >= 15 is 0 Å². The molecule has 0 aliphatic heterocycles. The molecule has 0 saturated heterocycles. The number of aliphatic hydroxyl groups is 1. The van der Waals surface area contributed by atoms with Gasteiger partial charge in [-0.25, -0.2) is 0 Å². The number of anilines is 1. The minimum atomic E-state index is 0.0209. The maximum absolute atomic E-state index is 9.45. The first-order valence-electron chi connectivity index (χ1n) is 7.89. The molecule has 1 aromatic rings. The first-order valence-corrected chi connectivity index (χ1v) is 7.89. The molecule has 0 spiro atoms. The fraction of sp³-hybridized carbons (Fsp3) is 0.647. The Morgan fingerprint density at radius 1 is 1.30 bits per heavy atom. The van der Waals surface area contributed by atoms with E-state index in [0.717, 1.165) is 22.9 Å². The van der Waals surface area contributed by atoms with Crippen LogP contribution >= 0.6 is 0 Å². The zero-order chi connectivity index (χ0) is 14.4. The van der Waals surface area contributed by atoms with Crippen molar-refractivity contribution in [1.82, 2.24) is 0 Å². The monoisotopic (exact) mass is 277 g/mol. The molecular formula is C17H27NO2. The number of nitrogens with one attached hydrogen (secondary N) is 1. The summed E-state index contributed by atoms with van der Waals surface area (Å²) in [5.74, 6) is 1.65. The van der Waals surface area contributed by atoms with Gasteiger partial charge in [-0.3, -0.25) is 0 Å². The van der Waals surface area contributed by atoms with Crippen LogP contribution in [-0.4, -0.2) is 17.8 Å². The average molecular weight is 277 g/mol. The average Bonchev–Trinajstić information content (AvgIpc) is 2.49. The van der Waals surface area contributed by atoms with Gasteiger partial charge in [0.1, 0.15) is 5.75 Å². The maximum atomic E-state index is 9.45. The van der Waals surface area contributed by atoms with E-state index in [9.17, 15) is 5.11 Å². The Labute approximate surface area is 122 Å². The van der Waals surface area contributed by atoms with Crippen LogP contribution < -0.4 is 10.1 Å².